The Morgan fingerprint density at radius 1 is 1.44 bits per heavy atom. The summed E-state index contributed by atoms with van der Waals surface area (Å²) in [5.74, 6) is 0. The van der Waals surface area contributed by atoms with E-state index in [0.717, 1.165) is 13.1 Å². The number of hydrogen-bond acceptors (Lipinski definition) is 1. The van der Waals surface area contributed by atoms with Gasteiger partial charge in [0.25, 0.3) is 0 Å². The number of hydrogen-bond donors (Lipinski definition) is 1. The molecule has 0 amide bonds. The van der Waals surface area contributed by atoms with Crippen LogP contribution in [0.2, 0.25) is 0 Å². The molecule has 0 saturated heterocycles. The third-order valence-corrected chi connectivity index (χ3v) is 1.41. The van der Waals surface area contributed by atoms with Crippen molar-refractivity contribution >= 4 is 0 Å². The first kappa shape index (κ1) is 8.92. The minimum atomic E-state index is 0.107. The van der Waals surface area contributed by atoms with Crippen LogP contribution in [-0.4, -0.2) is 30.5 Å². The van der Waals surface area contributed by atoms with Crippen molar-refractivity contribution in [2.24, 2.45) is 0 Å². The van der Waals surface area contributed by atoms with Gasteiger partial charge in [0, 0.05) is 13.8 Å². The van der Waals surface area contributed by atoms with E-state index in [2.05, 4.69) is 30.8 Å². The smallest absolute Gasteiger partial charge is 0.171 e. The average Bonchev–Trinajstić information content (AvgIpc) is 1.84. The summed E-state index contributed by atoms with van der Waals surface area (Å²) in [6, 6.07) is 0. The molecule has 0 saturated carbocycles. The quantitative estimate of drug-likeness (QED) is 0.555. The summed E-state index contributed by atoms with van der Waals surface area (Å²) in [5.41, 5.74) is 0.107. The van der Waals surface area contributed by atoms with Gasteiger partial charge in [-0.15, -0.1) is 0 Å². The topological polar surface area (TPSA) is 24.8 Å². The number of likely N-dealkylation sites (N-methyl/N-ethyl adjacent to an activating group) is 1. The molecule has 0 rings (SSSR count). The zero-order valence-corrected chi connectivity index (χ0v) is 6.86. The van der Waals surface area contributed by atoms with Crippen molar-refractivity contribution in [2.75, 3.05) is 20.2 Å². The summed E-state index contributed by atoms with van der Waals surface area (Å²) in [7, 11) is 1.86. The van der Waals surface area contributed by atoms with Crippen LogP contribution in [0.25, 0.3) is 0 Å². The molecule has 9 heavy (non-hydrogen) atoms. The van der Waals surface area contributed by atoms with Gasteiger partial charge >= 0.3 is 0 Å². The standard InChI is InChI=1S/C7H17NO/c1-5-8-6-7(2,3)9-4/h8H,5-6H2,1-4H3/p+1. The Morgan fingerprint density at radius 3 is 2.33 bits per heavy atom. The van der Waals surface area contributed by atoms with Gasteiger partial charge in [0.15, 0.2) is 5.60 Å². The molecule has 0 bridgehead atoms. The molecule has 0 aromatic heterocycles. The molecule has 0 atom stereocenters. The van der Waals surface area contributed by atoms with E-state index < -0.39 is 0 Å². The van der Waals surface area contributed by atoms with Crippen LogP contribution in [0.5, 0.6) is 0 Å². The van der Waals surface area contributed by atoms with Crippen LogP contribution in [-0.2, 0) is 0 Å². The maximum Gasteiger partial charge on any atom is 0.171 e. The number of ether oxygens (including phenoxy) is 1. The molecule has 0 aromatic rings. The molecule has 0 spiro atoms. The van der Waals surface area contributed by atoms with Gasteiger partial charge in [0.2, 0.25) is 0 Å². The third-order valence-electron chi connectivity index (χ3n) is 1.41. The normalized spacial score (nSPS) is 12.0. The Bertz CT molecular complexity index is 71.3. The highest BCUT2D eigenvalue weighted by Crippen LogP contribution is 2.00. The van der Waals surface area contributed by atoms with E-state index in [9.17, 15) is 0 Å². The number of aliphatic hydroxyl groups is 2. The molecule has 2 nitrogen and oxygen atoms in total. The summed E-state index contributed by atoms with van der Waals surface area (Å²) in [6.07, 6.45) is 0. The Hall–Kier alpha value is -0.0800. The predicted molar refractivity (Wildman–Crippen MR) is 40.8 cm³/mol. The number of nitrogens with one attached hydrogen (secondary N) is 1. The van der Waals surface area contributed by atoms with Gasteiger partial charge in [-0.3, -0.25) is 0 Å². The second-order valence-electron chi connectivity index (χ2n) is 2.82. The molecule has 0 fully saturated rings. The average molecular weight is 132 g/mol. The predicted octanol–water partition coefficient (Wildman–Crippen LogP) is 0.532. The Morgan fingerprint density at radius 2 is 2.00 bits per heavy atom. The largest absolute Gasteiger partial charge is 0.431 e. The molecule has 0 aliphatic heterocycles. The Balaban J connectivity index is 3.33. The maximum atomic E-state index is 4.20. The van der Waals surface area contributed by atoms with E-state index in [1.807, 2.05) is 7.11 Å². The second kappa shape index (κ2) is 3.85. The Labute approximate surface area is 57.6 Å². The van der Waals surface area contributed by atoms with E-state index in [1.54, 1.807) is 0 Å². The lowest BCUT2D eigenvalue weighted by Crippen LogP contribution is -2.38. The lowest BCUT2D eigenvalue weighted by Gasteiger charge is -2.18. The molecular weight excluding hydrogens is 114 g/mol. The van der Waals surface area contributed by atoms with Crippen LogP contribution < -0.4 is 5.32 Å². The van der Waals surface area contributed by atoms with Crippen molar-refractivity contribution in [3.8, 4) is 0 Å². The maximum absolute atomic E-state index is 4.20. The van der Waals surface area contributed by atoms with Crippen molar-refractivity contribution < 1.29 is 4.74 Å². The highest BCUT2D eigenvalue weighted by Gasteiger charge is 2.19. The van der Waals surface area contributed by atoms with Crippen LogP contribution in [0.1, 0.15) is 20.8 Å². The molecule has 2 heteroatoms. The fourth-order valence-corrected chi connectivity index (χ4v) is 0.510. The van der Waals surface area contributed by atoms with Crippen LogP contribution in [0.3, 0.4) is 0 Å². The lowest BCUT2D eigenvalue weighted by molar-refractivity contribution is -0.123. The first-order chi connectivity index (χ1) is 4.12. The first-order valence-electron chi connectivity index (χ1n) is 3.44. The van der Waals surface area contributed by atoms with Crippen LogP contribution in [0, 0.1) is 0 Å². The highest BCUT2D eigenvalue weighted by atomic mass is 16.5. The van der Waals surface area contributed by atoms with Gasteiger partial charge in [-0.2, -0.15) is 0 Å². The zero-order chi connectivity index (χ0) is 7.33. The van der Waals surface area contributed by atoms with E-state index >= 15 is 0 Å². The number of rotatable bonds is 4. The third kappa shape index (κ3) is 4.43. The fraction of sp³-hybridized carbons (Fsp3) is 1.00. The van der Waals surface area contributed by atoms with Gasteiger partial charge in [-0.1, -0.05) is 6.92 Å². The van der Waals surface area contributed by atoms with Crippen LogP contribution in [0.15, 0.2) is 0 Å². The monoisotopic (exact) mass is 132 g/mol. The van der Waals surface area contributed by atoms with Gasteiger partial charge < -0.3 is 10.1 Å². The molecule has 0 heterocycles. The molecule has 0 aliphatic carbocycles. The molecule has 0 radical (unpaired) electrons. The van der Waals surface area contributed by atoms with E-state index in [1.165, 1.54) is 0 Å². The molecular formula is C7H18NO+. The summed E-state index contributed by atoms with van der Waals surface area (Å²) in [4.78, 5) is 0. The Kier molecular flexibility index (Phi) is 3.82. The minimum Gasteiger partial charge on any atom is -0.431 e. The van der Waals surface area contributed by atoms with Crippen molar-refractivity contribution in [1.82, 2.24) is 5.32 Å². The second-order valence-corrected chi connectivity index (χ2v) is 2.82. The van der Waals surface area contributed by atoms with Gasteiger partial charge in [0.05, 0.1) is 6.54 Å². The van der Waals surface area contributed by atoms with Crippen molar-refractivity contribution in [3.63, 3.8) is 0 Å². The van der Waals surface area contributed by atoms with Crippen LogP contribution >= 0.6 is 0 Å². The fourth-order valence-electron chi connectivity index (χ4n) is 0.510. The molecule has 0 aromatic carbocycles. The summed E-state index contributed by atoms with van der Waals surface area (Å²) >= 11 is 0. The minimum absolute atomic E-state index is 0.107. The van der Waals surface area contributed by atoms with Gasteiger partial charge in [0.1, 0.15) is 7.11 Å². The van der Waals surface area contributed by atoms with E-state index in [4.69, 9.17) is 0 Å². The molecule has 2 N–H and O–H groups in total. The zero-order valence-electron chi connectivity index (χ0n) is 6.86. The molecule has 0 aliphatic rings. The van der Waals surface area contributed by atoms with Crippen molar-refractivity contribution in [1.29, 1.82) is 0 Å². The summed E-state index contributed by atoms with van der Waals surface area (Å²) < 4.78 is 4.20. The molecule has 56 valence electrons. The summed E-state index contributed by atoms with van der Waals surface area (Å²) in [6.45, 7) is 8.34. The lowest BCUT2D eigenvalue weighted by atomic mass is 10.1. The first-order valence-corrected chi connectivity index (χ1v) is 3.44. The molecule has 0 unspecified atom stereocenters. The van der Waals surface area contributed by atoms with Gasteiger partial charge in [-0.05, 0) is 6.54 Å². The summed E-state index contributed by atoms with van der Waals surface area (Å²) in [5, 5.41) is 3.25. The van der Waals surface area contributed by atoms with E-state index in [0.29, 0.717) is 0 Å². The van der Waals surface area contributed by atoms with Crippen molar-refractivity contribution in [3.05, 3.63) is 0 Å². The highest BCUT2D eigenvalue weighted by molar-refractivity contribution is 4.68. The van der Waals surface area contributed by atoms with Crippen LogP contribution in [0.4, 0.5) is 0 Å². The SMILES string of the molecule is CCNCC(C)(C)[OH+]C. The van der Waals surface area contributed by atoms with E-state index in [-0.39, 0.29) is 5.60 Å². The van der Waals surface area contributed by atoms with Gasteiger partial charge in [-0.25, -0.2) is 0 Å². The van der Waals surface area contributed by atoms with Crippen molar-refractivity contribution in [2.45, 2.75) is 26.4 Å².